The molecule has 2 fully saturated rings. The third-order valence-electron chi connectivity index (χ3n) is 5.60. The van der Waals surface area contributed by atoms with E-state index in [2.05, 4.69) is 36.5 Å². The van der Waals surface area contributed by atoms with Crippen LogP contribution in [0.1, 0.15) is 39.0 Å². The molecule has 0 aromatic carbocycles. The van der Waals surface area contributed by atoms with Gasteiger partial charge >= 0.3 is 0 Å². The lowest BCUT2D eigenvalue weighted by atomic mass is 9.97. The predicted octanol–water partition coefficient (Wildman–Crippen LogP) is 1.30. The van der Waals surface area contributed by atoms with Gasteiger partial charge in [0.25, 0.3) is 0 Å². The standard InChI is InChI=1S/C19H26N10/c1-12(21)7-16(22)25-17-10-18-27-23-11-29(18)19(26-17)24-13-8-14-3-4-15(9-13)28(14)6-2-5-20/h7,10-11,13-15H,2-4,6,8-9,21H2,1H3,(H2,22,25)(H,24,26)/b12-7-/t13?,14-,15+. The summed E-state index contributed by atoms with van der Waals surface area (Å²) in [6, 6.07) is 5.34. The lowest BCUT2D eigenvalue weighted by Gasteiger charge is -2.39. The molecule has 0 spiro atoms. The van der Waals surface area contributed by atoms with E-state index >= 15 is 0 Å². The van der Waals surface area contributed by atoms with Gasteiger partial charge in [0, 0.05) is 42.9 Å². The van der Waals surface area contributed by atoms with Crippen LogP contribution in [-0.4, -0.2) is 55.0 Å². The van der Waals surface area contributed by atoms with E-state index in [0.29, 0.717) is 47.7 Å². The van der Waals surface area contributed by atoms with Crippen molar-refractivity contribution in [1.82, 2.24) is 24.5 Å². The number of allylic oxidation sites excluding steroid dienone is 1. The number of fused-ring (bicyclic) bond motifs is 3. The van der Waals surface area contributed by atoms with Crippen molar-refractivity contribution in [2.24, 2.45) is 16.5 Å². The molecule has 2 aliphatic rings. The maximum absolute atomic E-state index is 8.91. The summed E-state index contributed by atoms with van der Waals surface area (Å²) in [5, 5.41) is 20.6. The first-order valence-electron chi connectivity index (χ1n) is 9.91. The minimum atomic E-state index is 0.288. The van der Waals surface area contributed by atoms with Crippen LogP contribution in [0.2, 0.25) is 0 Å². The Bertz CT molecular complexity index is 967. The average molecular weight is 394 g/mol. The van der Waals surface area contributed by atoms with E-state index in [1.54, 1.807) is 25.4 Å². The van der Waals surface area contributed by atoms with Gasteiger partial charge in [-0.25, -0.2) is 4.99 Å². The minimum Gasteiger partial charge on any atom is -0.402 e. The van der Waals surface area contributed by atoms with E-state index in [0.717, 1.165) is 19.4 Å². The van der Waals surface area contributed by atoms with Crippen LogP contribution >= 0.6 is 0 Å². The van der Waals surface area contributed by atoms with Gasteiger partial charge in [-0.1, -0.05) is 0 Å². The van der Waals surface area contributed by atoms with Crippen LogP contribution in [0.5, 0.6) is 0 Å². The zero-order valence-electron chi connectivity index (χ0n) is 16.5. The van der Waals surface area contributed by atoms with Gasteiger partial charge in [-0.2, -0.15) is 10.2 Å². The molecule has 2 aromatic heterocycles. The summed E-state index contributed by atoms with van der Waals surface area (Å²) >= 11 is 0. The van der Waals surface area contributed by atoms with E-state index in [1.807, 2.05) is 4.40 Å². The molecule has 0 aliphatic carbocycles. The van der Waals surface area contributed by atoms with Crippen molar-refractivity contribution >= 4 is 23.2 Å². The Morgan fingerprint density at radius 3 is 2.83 bits per heavy atom. The number of rotatable bonds is 6. The van der Waals surface area contributed by atoms with E-state index in [1.165, 1.54) is 12.8 Å². The van der Waals surface area contributed by atoms with Crippen LogP contribution in [0.4, 0.5) is 11.8 Å². The molecule has 10 nitrogen and oxygen atoms in total. The quantitative estimate of drug-likeness (QED) is 0.491. The molecule has 10 heteroatoms. The summed E-state index contributed by atoms with van der Waals surface area (Å²) in [7, 11) is 0. The van der Waals surface area contributed by atoms with Crippen molar-refractivity contribution in [3.63, 3.8) is 0 Å². The molecular weight excluding hydrogens is 368 g/mol. The lowest BCUT2D eigenvalue weighted by molar-refractivity contribution is 0.135. The number of aliphatic imine (C=N–C) groups is 1. The summed E-state index contributed by atoms with van der Waals surface area (Å²) in [5.74, 6) is 1.40. The zero-order chi connectivity index (χ0) is 20.4. The highest BCUT2D eigenvalue weighted by Gasteiger charge is 2.40. The largest absolute Gasteiger partial charge is 0.402 e. The maximum Gasteiger partial charge on any atom is 0.212 e. The average Bonchev–Trinajstić information content (AvgIpc) is 3.21. The molecule has 5 N–H and O–H groups in total. The molecule has 2 bridgehead atoms. The second-order valence-electron chi connectivity index (χ2n) is 7.77. The van der Waals surface area contributed by atoms with Gasteiger partial charge in [-0.05, 0) is 38.7 Å². The number of nitriles is 1. The molecule has 3 atom stereocenters. The molecule has 29 heavy (non-hydrogen) atoms. The highest BCUT2D eigenvalue weighted by atomic mass is 15.3. The second kappa shape index (κ2) is 8.05. The molecule has 0 saturated carbocycles. The number of aromatic nitrogens is 4. The third kappa shape index (κ3) is 4.14. The predicted molar refractivity (Wildman–Crippen MR) is 110 cm³/mol. The maximum atomic E-state index is 8.91. The molecule has 4 heterocycles. The smallest absolute Gasteiger partial charge is 0.212 e. The van der Waals surface area contributed by atoms with Gasteiger partial charge < -0.3 is 16.8 Å². The van der Waals surface area contributed by atoms with Crippen LogP contribution in [0.25, 0.3) is 5.65 Å². The molecule has 1 unspecified atom stereocenters. The Kier molecular flexibility index (Phi) is 5.31. The second-order valence-corrected chi connectivity index (χ2v) is 7.77. The first-order chi connectivity index (χ1) is 14.0. The molecule has 152 valence electrons. The molecule has 2 aliphatic heterocycles. The van der Waals surface area contributed by atoms with E-state index in [-0.39, 0.29) is 5.84 Å². The number of nitrogens with zero attached hydrogens (tertiary/aromatic N) is 7. The summed E-state index contributed by atoms with van der Waals surface area (Å²) < 4.78 is 1.82. The highest BCUT2D eigenvalue weighted by molar-refractivity contribution is 5.93. The zero-order valence-corrected chi connectivity index (χ0v) is 16.5. The minimum absolute atomic E-state index is 0.288. The van der Waals surface area contributed by atoms with E-state index < -0.39 is 0 Å². The normalized spacial score (nSPS) is 25.3. The Morgan fingerprint density at radius 2 is 2.14 bits per heavy atom. The number of piperidine rings is 1. The Hall–Kier alpha value is -3.19. The topological polar surface area (TPSA) is 147 Å². The van der Waals surface area contributed by atoms with E-state index in [4.69, 9.17) is 16.7 Å². The van der Waals surface area contributed by atoms with Crippen LogP contribution < -0.4 is 16.8 Å². The van der Waals surface area contributed by atoms with Gasteiger partial charge in [0.1, 0.15) is 12.2 Å². The number of nitrogens with two attached hydrogens (primary N) is 2. The summed E-state index contributed by atoms with van der Waals surface area (Å²) in [6.45, 7) is 2.62. The van der Waals surface area contributed by atoms with Crippen molar-refractivity contribution < 1.29 is 0 Å². The third-order valence-corrected chi connectivity index (χ3v) is 5.60. The first-order valence-corrected chi connectivity index (χ1v) is 9.91. The van der Waals surface area contributed by atoms with Gasteiger partial charge in [0.05, 0.1) is 6.07 Å². The molecule has 0 amide bonds. The summed E-state index contributed by atoms with van der Waals surface area (Å²) in [4.78, 5) is 11.5. The number of amidine groups is 1. The summed E-state index contributed by atoms with van der Waals surface area (Å²) in [6.07, 6.45) is 8.26. The molecule has 2 aromatic rings. The van der Waals surface area contributed by atoms with Crippen molar-refractivity contribution in [3.8, 4) is 6.07 Å². The summed E-state index contributed by atoms with van der Waals surface area (Å²) in [5.41, 5.74) is 12.8. The van der Waals surface area contributed by atoms with Gasteiger partial charge in [0.2, 0.25) is 5.95 Å². The van der Waals surface area contributed by atoms with Gasteiger partial charge in [-0.3, -0.25) is 9.30 Å². The van der Waals surface area contributed by atoms with Crippen LogP contribution in [0.15, 0.2) is 29.2 Å². The van der Waals surface area contributed by atoms with Gasteiger partial charge in [0.15, 0.2) is 11.5 Å². The van der Waals surface area contributed by atoms with Crippen LogP contribution in [-0.2, 0) is 0 Å². The fourth-order valence-corrected chi connectivity index (χ4v) is 4.49. The molecule has 0 radical (unpaired) electrons. The fourth-order valence-electron chi connectivity index (χ4n) is 4.49. The SMILES string of the molecule is C/C(N)=C/C(N)=Nc1cc2nncn2c(NC2C[C@H]3CC[C@@H](C2)N3CCC#N)n1. The van der Waals surface area contributed by atoms with E-state index in [9.17, 15) is 0 Å². The number of nitrogens with one attached hydrogen (secondary N) is 1. The Morgan fingerprint density at radius 1 is 1.38 bits per heavy atom. The van der Waals surface area contributed by atoms with Crippen molar-refractivity contribution in [2.75, 3.05) is 11.9 Å². The molecule has 2 saturated heterocycles. The monoisotopic (exact) mass is 394 g/mol. The number of hydrogen-bond acceptors (Lipinski definition) is 8. The van der Waals surface area contributed by atoms with Crippen molar-refractivity contribution in [1.29, 1.82) is 5.26 Å². The number of hydrogen-bond donors (Lipinski definition) is 3. The van der Waals surface area contributed by atoms with Crippen LogP contribution in [0.3, 0.4) is 0 Å². The number of anilines is 1. The van der Waals surface area contributed by atoms with Crippen molar-refractivity contribution in [3.05, 3.63) is 24.2 Å². The fraction of sp³-hybridized carbons (Fsp3) is 0.526. The van der Waals surface area contributed by atoms with Crippen LogP contribution in [0, 0.1) is 11.3 Å². The van der Waals surface area contributed by atoms with Crippen molar-refractivity contribution in [2.45, 2.75) is 57.2 Å². The Balaban J connectivity index is 1.55. The Labute approximate surface area is 169 Å². The molecular formula is C19H26N10. The lowest BCUT2D eigenvalue weighted by Crippen LogP contribution is -2.47. The highest BCUT2D eigenvalue weighted by Crippen LogP contribution is 2.36. The molecule has 4 rings (SSSR count). The van der Waals surface area contributed by atoms with Gasteiger partial charge in [-0.15, -0.1) is 10.2 Å². The first kappa shape index (κ1) is 19.1.